The number of hydrogen-bond acceptors (Lipinski definition) is 6. The van der Waals surface area contributed by atoms with Gasteiger partial charge < -0.3 is 9.47 Å². The highest BCUT2D eigenvalue weighted by atomic mass is 32.2. The van der Waals surface area contributed by atoms with Crippen LogP contribution < -0.4 is 0 Å². The van der Waals surface area contributed by atoms with Crippen molar-refractivity contribution in [1.29, 1.82) is 0 Å². The van der Waals surface area contributed by atoms with Crippen molar-refractivity contribution in [2.45, 2.75) is 62.8 Å². The molecule has 1 unspecified atom stereocenters. The number of aromatic nitrogens is 3. The lowest BCUT2D eigenvalue weighted by Crippen LogP contribution is -2.47. The third-order valence-electron chi connectivity index (χ3n) is 5.15. The summed E-state index contributed by atoms with van der Waals surface area (Å²) in [5, 5.41) is 8.91. The maximum Gasteiger partial charge on any atom is 0.233 e. The Morgan fingerprint density at radius 1 is 1.31 bits per heavy atom. The Balaban J connectivity index is 1.71. The highest BCUT2D eigenvalue weighted by Crippen LogP contribution is 2.30. The van der Waals surface area contributed by atoms with Gasteiger partial charge in [-0.3, -0.25) is 4.79 Å². The standard InChI is InChI=1S/C17H26N4O3S2/c1-3-9-20-13(2)18-19-17(20)25-11-16(22)21(14-6-4-5-7-14)15-8-10-26(23,24)12-15/h3,14-15H,1,4-12H2,2H3. The van der Waals surface area contributed by atoms with Gasteiger partial charge in [-0.15, -0.1) is 16.8 Å². The first-order valence-corrected chi connectivity index (χ1v) is 11.9. The fourth-order valence-electron chi connectivity index (χ4n) is 3.89. The number of amides is 1. The van der Waals surface area contributed by atoms with Crippen LogP contribution in [0.25, 0.3) is 0 Å². The Hall–Kier alpha value is -1.35. The quantitative estimate of drug-likeness (QED) is 0.514. The zero-order chi connectivity index (χ0) is 18.7. The van der Waals surface area contributed by atoms with Crippen LogP contribution >= 0.6 is 11.8 Å². The molecule has 7 nitrogen and oxygen atoms in total. The highest BCUT2D eigenvalue weighted by Gasteiger charge is 2.38. The summed E-state index contributed by atoms with van der Waals surface area (Å²) in [6.07, 6.45) is 6.48. The Labute approximate surface area is 159 Å². The molecule has 0 spiro atoms. The monoisotopic (exact) mass is 398 g/mol. The van der Waals surface area contributed by atoms with Gasteiger partial charge in [-0.1, -0.05) is 30.7 Å². The SMILES string of the molecule is C=CCn1c(C)nnc1SCC(=O)N(C1CCCC1)C1CCS(=O)(=O)C1. The van der Waals surface area contributed by atoms with Crippen LogP contribution in [0.15, 0.2) is 17.8 Å². The van der Waals surface area contributed by atoms with E-state index in [4.69, 9.17) is 0 Å². The highest BCUT2D eigenvalue weighted by molar-refractivity contribution is 7.99. The van der Waals surface area contributed by atoms with Gasteiger partial charge in [0.25, 0.3) is 0 Å². The van der Waals surface area contributed by atoms with Crippen LogP contribution in [0.2, 0.25) is 0 Å². The van der Waals surface area contributed by atoms with Crippen LogP contribution in [-0.2, 0) is 21.2 Å². The Morgan fingerprint density at radius 3 is 2.65 bits per heavy atom. The largest absolute Gasteiger partial charge is 0.335 e. The van der Waals surface area contributed by atoms with Crippen molar-refractivity contribution in [2.24, 2.45) is 0 Å². The first kappa shape index (κ1) is 19.4. The number of rotatable bonds is 7. The van der Waals surface area contributed by atoms with E-state index in [9.17, 15) is 13.2 Å². The van der Waals surface area contributed by atoms with E-state index in [0.717, 1.165) is 31.5 Å². The molecule has 0 aromatic carbocycles. The van der Waals surface area contributed by atoms with Crippen LogP contribution in [-0.4, -0.2) is 63.3 Å². The number of carbonyl (C=O) groups is 1. The second-order valence-electron chi connectivity index (χ2n) is 7.01. The molecule has 1 saturated heterocycles. The van der Waals surface area contributed by atoms with Gasteiger partial charge in [0, 0.05) is 18.6 Å². The average Bonchev–Trinajstić information content (AvgIpc) is 3.30. The Kier molecular flexibility index (Phi) is 6.06. The fourth-order valence-corrected chi connectivity index (χ4v) is 6.47. The first-order valence-electron chi connectivity index (χ1n) is 9.06. The molecule has 3 rings (SSSR count). The molecular weight excluding hydrogens is 372 g/mol. The minimum absolute atomic E-state index is 0.00908. The Bertz CT molecular complexity index is 769. The number of sulfone groups is 1. The van der Waals surface area contributed by atoms with Gasteiger partial charge in [0.05, 0.1) is 17.3 Å². The van der Waals surface area contributed by atoms with E-state index in [2.05, 4.69) is 16.8 Å². The van der Waals surface area contributed by atoms with Crippen molar-refractivity contribution in [1.82, 2.24) is 19.7 Å². The molecule has 1 saturated carbocycles. The van der Waals surface area contributed by atoms with E-state index < -0.39 is 9.84 Å². The average molecular weight is 399 g/mol. The summed E-state index contributed by atoms with van der Waals surface area (Å²) in [6, 6.07) is -0.00170. The topological polar surface area (TPSA) is 85.2 Å². The molecule has 1 aromatic heterocycles. The van der Waals surface area contributed by atoms with Crippen LogP contribution in [0.3, 0.4) is 0 Å². The molecule has 0 radical (unpaired) electrons. The third kappa shape index (κ3) is 4.31. The van der Waals surface area contributed by atoms with Crippen LogP contribution in [0.1, 0.15) is 37.9 Å². The molecule has 144 valence electrons. The van der Waals surface area contributed by atoms with E-state index in [1.54, 1.807) is 6.08 Å². The van der Waals surface area contributed by atoms with Gasteiger partial charge in [-0.05, 0) is 26.2 Å². The van der Waals surface area contributed by atoms with E-state index in [0.29, 0.717) is 18.1 Å². The number of thioether (sulfide) groups is 1. The maximum atomic E-state index is 13.0. The number of carbonyl (C=O) groups excluding carboxylic acids is 1. The molecule has 1 amide bonds. The minimum atomic E-state index is -3.02. The lowest BCUT2D eigenvalue weighted by molar-refractivity contribution is -0.132. The summed E-state index contributed by atoms with van der Waals surface area (Å²) in [5.74, 6) is 1.34. The first-order chi connectivity index (χ1) is 12.4. The van der Waals surface area contributed by atoms with Gasteiger partial charge in [0.15, 0.2) is 15.0 Å². The van der Waals surface area contributed by atoms with Gasteiger partial charge in [0.1, 0.15) is 5.82 Å². The molecule has 2 aliphatic rings. The van der Waals surface area contributed by atoms with E-state index in [1.165, 1.54) is 11.8 Å². The normalized spacial score (nSPS) is 22.6. The Morgan fingerprint density at radius 2 is 2.04 bits per heavy atom. The van der Waals surface area contributed by atoms with Gasteiger partial charge >= 0.3 is 0 Å². The van der Waals surface area contributed by atoms with E-state index >= 15 is 0 Å². The van der Waals surface area contributed by atoms with Gasteiger partial charge in [-0.2, -0.15) is 0 Å². The van der Waals surface area contributed by atoms with Gasteiger partial charge in [-0.25, -0.2) is 8.42 Å². The summed E-state index contributed by atoms with van der Waals surface area (Å²) < 4.78 is 25.7. The van der Waals surface area contributed by atoms with Crippen molar-refractivity contribution in [2.75, 3.05) is 17.3 Å². The molecule has 0 bridgehead atoms. The molecule has 2 fully saturated rings. The minimum Gasteiger partial charge on any atom is -0.335 e. The predicted molar refractivity (Wildman–Crippen MR) is 102 cm³/mol. The van der Waals surface area contributed by atoms with E-state index in [-0.39, 0.29) is 35.2 Å². The second kappa shape index (κ2) is 8.12. The van der Waals surface area contributed by atoms with Crippen LogP contribution in [0, 0.1) is 6.92 Å². The number of aryl methyl sites for hydroxylation is 1. The third-order valence-corrected chi connectivity index (χ3v) is 7.85. The fraction of sp³-hybridized carbons (Fsp3) is 0.706. The summed E-state index contributed by atoms with van der Waals surface area (Å²) in [7, 11) is -3.02. The molecule has 9 heteroatoms. The summed E-state index contributed by atoms with van der Waals surface area (Å²) in [6.45, 7) is 6.21. The summed E-state index contributed by atoms with van der Waals surface area (Å²) in [4.78, 5) is 14.9. The number of nitrogens with zero attached hydrogens (tertiary/aromatic N) is 4. The maximum absolute atomic E-state index is 13.0. The second-order valence-corrected chi connectivity index (χ2v) is 10.2. The van der Waals surface area contributed by atoms with Gasteiger partial charge in [0.2, 0.25) is 5.91 Å². The van der Waals surface area contributed by atoms with Crippen molar-refractivity contribution >= 4 is 27.5 Å². The molecule has 1 atom stereocenters. The molecule has 26 heavy (non-hydrogen) atoms. The zero-order valence-corrected chi connectivity index (χ0v) is 16.8. The molecular formula is C17H26N4O3S2. The van der Waals surface area contributed by atoms with Crippen molar-refractivity contribution in [3.05, 3.63) is 18.5 Å². The summed E-state index contributed by atoms with van der Waals surface area (Å²) >= 11 is 1.36. The molecule has 1 aromatic rings. The van der Waals surface area contributed by atoms with E-state index in [1.807, 2.05) is 16.4 Å². The predicted octanol–water partition coefficient (Wildman–Crippen LogP) is 1.82. The number of hydrogen-bond donors (Lipinski definition) is 0. The van der Waals surface area contributed by atoms with Crippen molar-refractivity contribution in [3.63, 3.8) is 0 Å². The molecule has 1 aliphatic heterocycles. The van der Waals surface area contributed by atoms with Crippen molar-refractivity contribution < 1.29 is 13.2 Å². The zero-order valence-electron chi connectivity index (χ0n) is 15.1. The molecule has 1 aliphatic carbocycles. The van der Waals surface area contributed by atoms with Crippen molar-refractivity contribution in [3.8, 4) is 0 Å². The van der Waals surface area contributed by atoms with Crippen LogP contribution in [0.4, 0.5) is 0 Å². The lowest BCUT2D eigenvalue weighted by atomic mass is 10.1. The lowest BCUT2D eigenvalue weighted by Gasteiger charge is -2.34. The summed E-state index contributed by atoms with van der Waals surface area (Å²) in [5.41, 5.74) is 0. The number of allylic oxidation sites excluding steroid dienone is 1. The van der Waals surface area contributed by atoms with Crippen LogP contribution in [0.5, 0.6) is 0 Å². The molecule has 0 N–H and O–H groups in total. The smallest absolute Gasteiger partial charge is 0.233 e. The molecule has 2 heterocycles.